The zero-order chi connectivity index (χ0) is 21.3. The van der Waals surface area contributed by atoms with Gasteiger partial charge in [-0.3, -0.25) is 14.9 Å². The van der Waals surface area contributed by atoms with Crippen LogP contribution in [0.3, 0.4) is 0 Å². The van der Waals surface area contributed by atoms with E-state index >= 15 is 0 Å². The molecule has 1 N–H and O–H groups in total. The van der Waals surface area contributed by atoms with Gasteiger partial charge in [-0.05, 0) is 42.1 Å². The number of nitrogens with zero attached hydrogens (tertiary/aromatic N) is 2. The molecule has 0 aliphatic carbocycles. The largest absolute Gasteiger partial charge is 0.457 e. The minimum absolute atomic E-state index is 0.109. The van der Waals surface area contributed by atoms with Crippen LogP contribution in [0, 0.1) is 10.1 Å². The van der Waals surface area contributed by atoms with E-state index in [2.05, 4.69) is 10.3 Å². The van der Waals surface area contributed by atoms with Crippen molar-refractivity contribution < 1.29 is 14.1 Å². The first kappa shape index (κ1) is 20.2. The van der Waals surface area contributed by atoms with Crippen molar-refractivity contribution in [3.05, 3.63) is 85.4 Å². The number of nitrogens with one attached hydrogen (secondary N) is 1. The number of thioether (sulfide) groups is 1. The number of benzene rings is 2. The van der Waals surface area contributed by atoms with Crippen LogP contribution in [0.5, 0.6) is 0 Å². The number of halogens is 2. The van der Waals surface area contributed by atoms with Gasteiger partial charge in [0.2, 0.25) is 0 Å². The highest BCUT2D eigenvalue weighted by Gasteiger charge is 2.24. The van der Waals surface area contributed by atoms with Gasteiger partial charge in [0.1, 0.15) is 11.5 Å². The van der Waals surface area contributed by atoms with Gasteiger partial charge in [-0.2, -0.15) is 0 Å². The first-order valence-corrected chi connectivity index (χ1v) is 10.1. The highest BCUT2D eigenvalue weighted by atomic mass is 35.5. The average molecular weight is 460 g/mol. The van der Waals surface area contributed by atoms with Crippen molar-refractivity contribution >= 4 is 63.5 Å². The molecule has 1 fully saturated rings. The van der Waals surface area contributed by atoms with E-state index in [1.165, 1.54) is 18.2 Å². The standard InChI is InChI=1S/C20H11Cl2N3O4S/c21-14-3-1-2-4-16(14)23-20-24-19(26)18(30-20)10-12-6-8-17(29-12)13-7-5-11(25(27)28)9-15(13)22/h1-10H,(H,23,24,26)/b18-10-. The fourth-order valence-corrected chi connectivity index (χ4v) is 3.91. The number of furan rings is 1. The summed E-state index contributed by atoms with van der Waals surface area (Å²) >= 11 is 13.4. The zero-order valence-electron chi connectivity index (χ0n) is 15.0. The average Bonchev–Trinajstić information content (AvgIpc) is 3.30. The number of nitro benzene ring substituents is 1. The van der Waals surface area contributed by atoms with Gasteiger partial charge in [-0.1, -0.05) is 35.3 Å². The summed E-state index contributed by atoms with van der Waals surface area (Å²) in [7, 11) is 0. The van der Waals surface area contributed by atoms with Crippen molar-refractivity contribution in [2.45, 2.75) is 0 Å². The van der Waals surface area contributed by atoms with Crippen molar-refractivity contribution in [3.63, 3.8) is 0 Å². The molecule has 1 aliphatic heterocycles. The van der Waals surface area contributed by atoms with Crippen LogP contribution >= 0.6 is 35.0 Å². The summed E-state index contributed by atoms with van der Waals surface area (Å²) in [4.78, 5) is 27.3. The number of nitro groups is 1. The molecule has 0 atom stereocenters. The van der Waals surface area contributed by atoms with Crippen LogP contribution < -0.4 is 5.32 Å². The molecule has 4 rings (SSSR count). The monoisotopic (exact) mass is 459 g/mol. The van der Waals surface area contributed by atoms with Crippen molar-refractivity contribution in [3.8, 4) is 11.3 Å². The first-order valence-electron chi connectivity index (χ1n) is 8.49. The summed E-state index contributed by atoms with van der Waals surface area (Å²) in [5.41, 5.74) is 0.953. The number of aliphatic imine (C=N–C) groups is 1. The molecule has 1 aliphatic rings. The Morgan fingerprint density at radius 3 is 2.63 bits per heavy atom. The minimum Gasteiger partial charge on any atom is -0.457 e. The van der Waals surface area contributed by atoms with Gasteiger partial charge in [0.25, 0.3) is 11.6 Å². The van der Waals surface area contributed by atoms with Crippen LogP contribution in [0.4, 0.5) is 11.4 Å². The topological polar surface area (TPSA) is 97.7 Å². The van der Waals surface area contributed by atoms with Gasteiger partial charge in [0, 0.05) is 23.8 Å². The van der Waals surface area contributed by atoms with Gasteiger partial charge in [-0.15, -0.1) is 0 Å². The number of amidine groups is 1. The van der Waals surface area contributed by atoms with Crippen molar-refractivity contribution in [2.75, 3.05) is 0 Å². The number of carbonyl (C=O) groups excluding carboxylic acids is 1. The lowest BCUT2D eigenvalue weighted by atomic mass is 10.1. The van der Waals surface area contributed by atoms with Crippen LogP contribution in [-0.4, -0.2) is 16.0 Å². The molecule has 10 heteroatoms. The number of para-hydroxylation sites is 1. The maximum Gasteiger partial charge on any atom is 0.270 e. The van der Waals surface area contributed by atoms with Gasteiger partial charge in [0.05, 0.1) is 25.6 Å². The molecule has 0 spiro atoms. The molecule has 30 heavy (non-hydrogen) atoms. The van der Waals surface area contributed by atoms with Crippen molar-refractivity contribution in [2.24, 2.45) is 4.99 Å². The molecule has 150 valence electrons. The Bertz CT molecular complexity index is 1240. The van der Waals surface area contributed by atoms with E-state index in [1.54, 1.807) is 42.5 Å². The Kier molecular flexibility index (Phi) is 5.63. The third-order valence-electron chi connectivity index (χ3n) is 4.05. The second-order valence-electron chi connectivity index (χ2n) is 6.06. The van der Waals surface area contributed by atoms with E-state index in [9.17, 15) is 14.9 Å². The molecule has 0 saturated carbocycles. The molecule has 1 amide bonds. The Morgan fingerprint density at radius 2 is 1.90 bits per heavy atom. The van der Waals surface area contributed by atoms with E-state index in [1.807, 2.05) is 0 Å². The van der Waals surface area contributed by atoms with Crippen molar-refractivity contribution in [1.82, 2.24) is 5.32 Å². The molecule has 7 nitrogen and oxygen atoms in total. The molecule has 0 radical (unpaired) electrons. The fourth-order valence-electron chi connectivity index (χ4n) is 2.65. The maximum absolute atomic E-state index is 12.3. The summed E-state index contributed by atoms with van der Waals surface area (Å²) < 4.78 is 5.75. The lowest BCUT2D eigenvalue weighted by molar-refractivity contribution is -0.384. The van der Waals surface area contributed by atoms with Gasteiger partial charge in [0.15, 0.2) is 5.17 Å². The highest BCUT2D eigenvalue weighted by Crippen LogP contribution is 2.34. The summed E-state index contributed by atoms with van der Waals surface area (Å²) in [5.74, 6) is 0.545. The molecule has 0 unspecified atom stereocenters. The number of amides is 1. The van der Waals surface area contributed by atoms with Crippen LogP contribution in [0.15, 0.2) is 68.9 Å². The van der Waals surface area contributed by atoms with Crippen molar-refractivity contribution in [1.29, 1.82) is 0 Å². The molecular formula is C20H11Cl2N3O4S. The van der Waals surface area contributed by atoms with Crippen LogP contribution in [0.25, 0.3) is 17.4 Å². The Balaban J connectivity index is 1.57. The van der Waals surface area contributed by atoms with Crippen LogP contribution in [0.2, 0.25) is 10.0 Å². The summed E-state index contributed by atoms with van der Waals surface area (Å²) in [6, 6.07) is 14.5. The molecule has 0 bridgehead atoms. The number of rotatable bonds is 4. The summed E-state index contributed by atoms with van der Waals surface area (Å²) in [6.07, 6.45) is 1.58. The lowest BCUT2D eigenvalue weighted by Gasteiger charge is -2.00. The smallest absolute Gasteiger partial charge is 0.270 e. The molecule has 3 aromatic rings. The van der Waals surface area contributed by atoms with E-state index in [0.717, 1.165) is 11.8 Å². The lowest BCUT2D eigenvalue weighted by Crippen LogP contribution is -2.19. The zero-order valence-corrected chi connectivity index (χ0v) is 17.3. The van der Waals surface area contributed by atoms with Gasteiger partial charge < -0.3 is 9.73 Å². The van der Waals surface area contributed by atoms with Crippen LogP contribution in [-0.2, 0) is 4.79 Å². The minimum atomic E-state index is -0.522. The summed E-state index contributed by atoms with van der Waals surface area (Å²) in [5, 5.41) is 14.6. The Morgan fingerprint density at radius 1 is 1.10 bits per heavy atom. The molecule has 2 aromatic carbocycles. The molecule has 2 heterocycles. The second kappa shape index (κ2) is 8.35. The Hall–Kier alpha value is -3.07. The van der Waals surface area contributed by atoms with E-state index in [0.29, 0.717) is 37.9 Å². The quantitative estimate of drug-likeness (QED) is 0.290. The molecule has 1 saturated heterocycles. The number of carbonyl (C=O) groups is 1. The fraction of sp³-hybridized carbons (Fsp3) is 0. The SMILES string of the molecule is O=C1NC(=Nc2ccccc2Cl)S/C1=C\c1ccc(-c2ccc([N+](=O)[O-])cc2Cl)o1. The van der Waals surface area contributed by atoms with Crippen LogP contribution in [0.1, 0.15) is 5.76 Å². The predicted molar refractivity (Wildman–Crippen MR) is 118 cm³/mol. The van der Waals surface area contributed by atoms with Gasteiger partial charge in [-0.25, -0.2) is 4.99 Å². The number of hydrogen-bond acceptors (Lipinski definition) is 6. The highest BCUT2D eigenvalue weighted by molar-refractivity contribution is 8.18. The summed E-state index contributed by atoms with van der Waals surface area (Å²) in [6.45, 7) is 0. The maximum atomic E-state index is 12.3. The predicted octanol–water partition coefficient (Wildman–Crippen LogP) is 6.05. The van der Waals surface area contributed by atoms with E-state index < -0.39 is 4.92 Å². The normalized spacial score (nSPS) is 16.3. The van der Waals surface area contributed by atoms with E-state index in [4.69, 9.17) is 27.6 Å². The number of hydrogen-bond donors (Lipinski definition) is 1. The first-order chi connectivity index (χ1) is 14.4. The van der Waals surface area contributed by atoms with E-state index in [-0.39, 0.29) is 16.6 Å². The van der Waals surface area contributed by atoms with Gasteiger partial charge >= 0.3 is 0 Å². The molecule has 1 aromatic heterocycles. The molecular weight excluding hydrogens is 449 g/mol. The number of non-ortho nitro benzene ring substituents is 1. The second-order valence-corrected chi connectivity index (χ2v) is 7.90. The Labute approximate surface area is 184 Å². The third-order valence-corrected chi connectivity index (χ3v) is 5.60. The third kappa shape index (κ3) is 4.25.